The molecule has 1 fully saturated rings. The van der Waals surface area contributed by atoms with Crippen molar-refractivity contribution in [3.05, 3.63) is 28.8 Å². The van der Waals surface area contributed by atoms with Crippen LogP contribution in [0.15, 0.2) is 12.1 Å². The number of rotatable bonds is 6. The Labute approximate surface area is 258 Å². The van der Waals surface area contributed by atoms with Crippen LogP contribution in [0.4, 0.5) is 0 Å². The third kappa shape index (κ3) is 3.82. The molecule has 2 aromatic rings. The molecule has 0 saturated carbocycles. The lowest BCUT2D eigenvalue weighted by molar-refractivity contribution is -0.648. The third-order valence-electron chi connectivity index (χ3n) is 8.34. The minimum atomic E-state index is -5.72. The van der Waals surface area contributed by atoms with Crippen LogP contribution in [0.1, 0.15) is 21.5 Å². The van der Waals surface area contributed by atoms with Gasteiger partial charge in [-0.3, -0.25) is 4.79 Å². The Hall–Kier alpha value is -3.89. The summed E-state index contributed by atoms with van der Waals surface area (Å²) in [6.07, 6.45) is -1.45. The topological polar surface area (TPSA) is 423 Å². The maximum Gasteiger partial charge on any atom is 0.294 e. The lowest BCUT2D eigenvalue weighted by Crippen LogP contribution is -3.00. The molecular weight excluding hydrogens is 654 g/mol. The Morgan fingerprint density at radius 3 is 1.45 bits per heavy atom. The number of benzene rings is 2. The van der Waals surface area contributed by atoms with Crippen molar-refractivity contribution in [1.82, 2.24) is 4.90 Å². The monoisotopic (exact) mass is 683 g/mol. The van der Waals surface area contributed by atoms with E-state index < -0.39 is 109 Å². The second kappa shape index (κ2) is 9.82. The summed E-state index contributed by atoms with van der Waals surface area (Å²) >= 11 is 0. The Kier molecular flexibility index (Phi) is 7.52. The fraction of sp³-hybridized carbons (Fsp3) is 0.458. The first kappa shape index (κ1) is 36.0. The van der Waals surface area contributed by atoms with Gasteiger partial charge in [-0.25, -0.2) is 0 Å². The number of aliphatic hydroxyl groups is 14. The van der Waals surface area contributed by atoms with Crippen LogP contribution in [0, 0.1) is 0 Å². The van der Waals surface area contributed by atoms with Gasteiger partial charge < -0.3 is 106 Å². The number of Topliss-reactive ketones (excluding diaryl/α,β-unsaturated/α-hetero) is 1. The number of ketones is 1. The number of carbonyl (C=O) groups excluding carboxylic acids is 1. The molecule has 262 valence electrons. The quantitative estimate of drug-likeness (QED) is 0.0763. The van der Waals surface area contributed by atoms with Crippen LogP contribution in [0.2, 0.25) is 0 Å². The molecule has 23 heteroatoms. The normalized spacial score (nSPS) is 24.6. The Morgan fingerprint density at radius 2 is 1.04 bits per heavy atom. The first-order valence-electron chi connectivity index (χ1n) is 12.5. The summed E-state index contributed by atoms with van der Waals surface area (Å²) in [5.74, 6) is -45.5. The van der Waals surface area contributed by atoms with Gasteiger partial charge >= 0.3 is 0 Å². The van der Waals surface area contributed by atoms with E-state index in [1.807, 2.05) is 0 Å². The molecule has 0 radical (unpaired) electrons. The van der Waals surface area contributed by atoms with E-state index in [9.17, 15) is 102 Å². The van der Waals surface area contributed by atoms with E-state index in [-0.39, 0.29) is 11.5 Å². The molecule has 2 aromatic carbocycles. The lowest BCUT2D eigenvalue weighted by atomic mass is 9.63. The molecule has 1 aliphatic carbocycles. The minimum absolute atomic E-state index is 0.163. The average Bonchev–Trinajstić information content (AvgIpc) is 3.21. The molecule has 4 rings (SSSR count). The molecule has 47 heavy (non-hydrogen) atoms. The average molecular weight is 683 g/mol. The number of phenolic OH excluding ortho intramolecular Hbond substituents is 5. The van der Waals surface area contributed by atoms with Crippen molar-refractivity contribution < 1.29 is 111 Å². The number of likely N-dealkylation sites (tertiary alicyclic amines) is 1. The van der Waals surface area contributed by atoms with Gasteiger partial charge in [-0.15, -0.1) is 4.90 Å². The van der Waals surface area contributed by atoms with E-state index in [1.165, 1.54) is 0 Å². The molecule has 0 amide bonds. The zero-order valence-electron chi connectivity index (χ0n) is 23.5. The molecule has 0 spiro atoms. The smallest absolute Gasteiger partial charge is 0.294 e. The molecule has 0 aromatic heterocycles. The maximum absolute atomic E-state index is 13.4. The van der Waals surface area contributed by atoms with Crippen molar-refractivity contribution >= 4 is 5.78 Å². The highest BCUT2D eigenvalue weighted by Gasteiger charge is 2.94. The van der Waals surface area contributed by atoms with Crippen LogP contribution in [0.3, 0.4) is 0 Å². The van der Waals surface area contributed by atoms with E-state index >= 15 is 0 Å². The summed E-state index contributed by atoms with van der Waals surface area (Å²) in [6.45, 7) is 0. The van der Waals surface area contributed by atoms with E-state index in [2.05, 4.69) is 0 Å². The fourth-order valence-corrected chi connectivity index (χ4v) is 5.73. The van der Waals surface area contributed by atoms with Crippen molar-refractivity contribution in [2.24, 2.45) is 0 Å². The predicted molar refractivity (Wildman–Crippen MR) is 136 cm³/mol. The first-order chi connectivity index (χ1) is 21.0. The highest BCUT2D eigenvalue weighted by Crippen LogP contribution is 2.62. The van der Waals surface area contributed by atoms with Gasteiger partial charge in [0, 0.05) is 12.0 Å². The maximum atomic E-state index is 13.4. The number of hydrogen-bond acceptors (Lipinski definition) is 23. The van der Waals surface area contributed by atoms with Crippen molar-refractivity contribution in [2.75, 3.05) is 14.2 Å². The van der Waals surface area contributed by atoms with Crippen LogP contribution < -0.4 is 9.47 Å². The summed E-state index contributed by atoms with van der Waals surface area (Å²) in [4.78, 5) is 11.5. The molecule has 0 bridgehead atoms. The number of carbonyl (C=O) groups is 1. The molecular formula is C24H29NO22. The first-order valence-corrected chi connectivity index (χ1v) is 12.5. The fourth-order valence-electron chi connectivity index (χ4n) is 5.73. The van der Waals surface area contributed by atoms with Crippen LogP contribution in [0.25, 0.3) is 0 Å². The second-order valence-electron chi connectivity index (χ2n) is 10.8. The zero-order chi connectivity index (χ0) is 36.5. The molecule has 1 saturated heterocycles. The van der Waals surface area contributed by atoms with Crippen LogP contribution in [-0.2, 0) is 12.3 Å². The molecule has 1 heterocycles. The number of phenols is 5. The van der Waals surface area contributed by atoms with E-state index in [4.69, 9.17) is 9.47 Å². The highest BCUT2D eigenvalue weighted by molar-refractivity contribution is 6.08. The van der Waals surface area contributed by atoms with Crippen LogP contribution in [0.5, 0.6) is 40.2 Å². The van der Waals surface area contributed by atoms with Crippen LogP contribution in [-0.4, -0.2) is 162 Å². The van der Waals surface area contributed by atoms with Gasteiger partial charge in [0.05, 0.1) is 14.2 Å². The molecule has 1 unspecified atom stereocenters. The van der Waals surface area contributed by atoms with E-state index in [1.54, 1.807) is 0 Å². The molecule has 2 aliphatic rings. The van der Waals surface area contributed by atoms with Gasteiger partial charge in [0.2, 0.25) is 34.4 Å². The second-order valence-corrected chi connectivity index (χ2v) is 10.8. The lowest BCUT2D eigenvalue weighted by Gasteiger charge is -2.67. The minimum Gasteiger partial charge on any atom is -0.504 e. The van der Waals surface area contributed by atoms with Crippen LogP contribution >= 0.6 is 0 Å². The van der Waals surface area contributed by atoms with E-state index in [0.29, 0.717) is 0 Å². The Bertz CT molecular complexity index is 1610. The summed E-state index contributed by atoms with van der Waals surface area (Å²) in [5, 5.41) is 203. The number of ether oxygens (including phenoxy) is 2. The standard InChI is InChI=1S/C24H29NO22/c1-46-8-3-6-5-17(32,16(31)7(6)4-9(8)47-2)20(36,37)19(35)21(38,39)23(42,43)25(24(44,45)22(19,40)41)18(33,34)10-11(26)13(28)15(30)14(29)12(10)27/h3-4,26-30,32-45H,5H2,1-2H3. The number of piperidine rings is 1. The van der Waals surface area contributed by atoms with Gasteiger partial charge in [-0.05, 0) is 17.7 Å². The van der Waals surface area contributed by atoms with Gasteiger partial charge in [0.15, 0.2) is 28.6 Å². The third-order valence-corrected chi connectivity index (χ3v) is 8.34. The van der Waals surface area contributed by atoms with Gasteiger partial charge in [-0.1, -0.05) is 0 Å². The van der Waals surface area contributed by atoms with Crippen molar-refractivity contribution in [2.45, 2.75) is 52.7 Å². The van der Waals surface area contributed by atoms with Crippen molar-refractivity contribution in [3.63, 3.8) is 0 Å². The van der Waals surface area contributed by atoms with Crippen molar-refractivity contribution in [1.29, 1.82) is 0 Å². The zero-order valence-corrected chi connectivity index (χ0v) is 23.5. The van der Waals surface area contributed by atoms with Gasteiger partial charge in [-0.2, -0.15) is 0 Å². The molecule has 19 N–H and O–H groups in total. The summed E-state index contributed by atoms with van der Waals surface area (Å²) in [7, 11) is 2.19. The number of fused-ring (bicyclic) bond motifs is 1. The Morgan fingerprint density at radius 1 is 0.660 bits per heavy atom. The molecule has 23 nitrogen and oxygen atoms in total. The summed E-state index contributed by atoms with van der Waals surface area (Å²) in [5.41, 5.74) is -13.3. The highest BCUT2D eigenvalue weighted by atomic mass is 16.7. The van der Waals surface area contributed by atoms with Gasteiger partial charge in [0.25, 0.3) is 29.3 Å². The summed E-state index contributed by atoms with van der Waals surface area (Å²) < 4.78 is 9.99. The molecule has 1 aliphatic heterocycles. The molecule has 1 atom stereocenters. The Balaban J connectivity index is 2.01. The SMILES string of the molecule is COc1cc2c(cc1OC)C(=O)C(O)(C(O)(O)C1(O)C(O)(O)C(O)(O)N(C(O)(O)c3c(O)c(O)c(O)c(O)c3O)C(O)(O)C1(O)O)C2. The number of methoxy groups -OCH3 is 2. The number of nitrogens with zero attached hydrogens (tertiary/aromatic N) is 1. The largest absolute Gasteiger partial charge is 0.504 e. The van der Waals surface area contributed by atoms with Gasteiger partial charge in [0.1, 0.15) is 5.56 Å². The van der Waals surface area contributed by atoms with E-state index in [0.717, 1.165) is 26.4 Å². The number of aromatic hydroxyl groups is 5. The van der Waals surface area contributed by atoms with Crippen molar-refractivity contribution in [3.8, 4) is 40.2 Å². The predicted octanol–water partition coefficient (Wildman–Crippen LogP) is -8.14. The summed E-state index contributed by atoms with van der Waals surface area (Å²) in [6, 6.07) is 1.77. The number of hydrogen-bond donors (Lipinski definition) is 19.